The van der Waals surface area contributed by atoms with Crippen molar-refractivity contribution in [1.82, 2.24) is 5.32 Å². The van der Waals surface area contributed by atoms with Crippen LogP contribution in [0.1, 0.15) is 0 Å². The SMILES string of the molecule is OCCNCCOB(c1ccccc1)c1ccccc1. The zero-order valence-corrected chi connectivity index (χ0v) is 11.5. The molecule has 0 spiro atoms. The highest BCUT2D eigenvalue weighted by Gasteiger charge is 2.20. The molecule has 20 heavy (non-hydrogen) atoms. The van der Waals surface area contributed by atoms with Gasteiger partial charge in [0.25, 0.3) is 0 Å². The first kappa shape index (κ1) is 14.8. The molecule has 0 aromatic heterocycles. The van der Waals surface area contributed by atoms with Crippen LogP contribution in [0.3, 0.4) is 0 Å². The Morgan fingerprint density at radius 1 is 0.850 bits per heavy atom. The number of hydrogen-bond donors (Lipinski definition) is 2. The first-order valence-corrected chi connectivity index (χ1v) is 6.95. The third kappa shape index (κ3) is 4.49. The Bertz CT molecular complexity index is 439. The summed E-state index contributed by atoms with van der Waals surface area (Å²) in [7, 11) is 0. The second kappa shape index (κ2) is 8.53. The van der Waals surface area contributed by atoms with E-state index in [2.05, 4.69) is 29.6 Å². The molecule has 0 atom stereocenters. The molecule has 2 N–H and O–H groups in total. The van der Waals surface area contributed by atoms with Crippen LogP contribution in [0.25, 0.3) is 0 Å². The molecule has 0 saturated heterocycles. The van der Waals surface area contributed by atoms with E-state index < -0.39 is 0 Å². The minimum absolute atomic E-state index is 0.0478. The van der Waals surface area contributed by atoms with E-state index in [1.807, 2.05) is 36.4 Å². The van der Waals surface area contributed by atoms with Crippen LogP contribution in [0.2, 0.25) is 0 Å². The van der Waals surface area contributed by atoms with Crippen molar-refractivity contribution < 1.29 is 9.76 Å². The fourth-order valence-electron chi connectivity index (χ4n) is 2.09. The summed E-state index contributed by atoms with van der Waals surface area (Å²) in [6.07, 6.45) is 0. The maximum absolute atomic E-state index is 8.73. The van der Waals surface area contributed by atoms with Crippen molar-refractivity contribution in [1.29, 1.82) is 0 Å². The van der Waals surface area contributed by atoms with Gasteiger partial charge in [-0.3, -0.25) is 0 Å². The Morgan fingerprint density at radius 3 is 1.90 bits per heavy atom. The van der Waals surface area contributed by atoms with Gasteiger partial charge in [0.15, 0.2) is 0 Å². The largest absolute Gasteiger partial charge is 0.426 e. The Labute approximate surface area is 120 Å². The monoisotopic (exact) mass is 269 g/mol. The molecule has 3 nitrogen and oxygen atoms in total. The summed E-state index contributed by atoms with van der Waals surface area (Å²) in [5.74, 6) is 0. The van der Waals surface area contributed by atoms with Crippen LogP contribution in [0, 0.1) is 0 Å². The average molecular weight is 269 g/mol. The first-order valence-electron chi connectivity index (χ1n) is 6.95. The third-order valence-corrected chi connectivity index (χ3v) is 3.06. The van der Waals surface area contributed by atoms with E-state index in [9.17, 15) is 0 Å². The van der Waals surface area contributed by atoms with E-state index in [1.165, 1.54) is 0 Å². The molecule has 0 bridgehead atoms. The Hall–Kier alpha value is -1.62. The van der Waals surface area contributed by atoms with E-state index in [-0.39, 0.29) is 13.5 Å². The topological polar surface area (TPSA) is 41.5 Å². The molecule has 0 amide bonds. The van der Waals surface area contributed by atoms with Gasteiger partial charge < -0.3 is 15.1 Å². The number of hydrogen-bond acceptors (Lipinski definition) is 3. The van der Waals surface area contributed by atoms with Gasteiger partial charge in [-0.25, -0.2) is 0 Å². The predicted molar refractivity (Wildman–Crippen MR) is 83.8 cm³/mol. The third-order valence-electron chi connectivity index (χ3n) is 3.06. The van der Waals surface area contributed by atoms with Crippen LogP contribution >= 0.6 is 0 Å². The number of rotatable bonds is 8. The van der Waals surface area contributed by atoms with E-state index in [4.69, 9.17) is 9.76 Å². The molecule has 0 aliphatic heterocycles. The smallest absolute Gasteiger partial charge is 0.361 e. The normalized spacial score (nSPS) is 10.4. The lowest BCUT2D eigenvalue weighted by Crippen LogP contribution is -2.46. The minimum atomic E-state index is -0.0478. The van der Waals surface area contributed by atoms with Crippen molar-refractivity contribution in [2.75, 3.05) is 26.3 Å². The molecule has 0 heterocycles. The lowest BCUT2D eigenvalue weighted by molar-refractivity contribution is 0.279. The molecule has 0 aliphatic rings. The van der Waals surface area contributed by atoms with Gasteiger partial charge in [0.1, 0.15) is 0 Å². The number of nitrogens with one attached hydrogen (secondary N) is 1. The molecule has 2 aromatic rings. The van der Waals surface area contributed by atoms with Crippen molar-refractivity contribution >= 4 is 17.8 Å². The summed E-state index contributed by atoms with van der Waals surface area (Å²) in [6.45, 7) is 2.05. The highest BCUT2D eigenvalue weighted by atomic mass is 16.4. The molecule has 0 fully saturated rings. The summed E-state index contributed by atoms with van der Waals surface area (Å²) in [5.41, 5.74) is 2.31. The van der Waals surface area contributed by atoms with Crippen molar-refractivity contribution in [2.45, 2.75) is 0 Å². The minimum Gasteiger partial charge on any atom is -0.426 e. The van der Waals surface area contributed by atoms with Gasteiger partial charge in [0, 0.05) is 19.7 Å². The lowest BCUT2D eigenvalue weighted by Gasteiger charge is -2.15. The predicted octanol–water partition coefficient (Wildman–Crippen LogP) is 0.391. The van der Waals surface area contributed by atoms with Crippen molar-refractivity contribution in [3.05, 3.63) is 60.7 Å². The van der Waals surface area contributed by atoms with Gasteiger partial charge in [-0.15, -0.1) is 0 Å². The highest BCUT2D eigenvalue weighted by Crippen LogP contribution is 1.94. The van der Waals surface area contributed by atoms with Crippen LogP contribution in [0.15, 0.2) is 60.7 Å². The second-order valence-corrected chi connectivity index (χ2v) is 4.55. The maximum atomic E-state index is 8.73. The van der Waals surface area contributed by atoms with E-state index >= 15 is 0 Å². The van der Waals surface area contributed by atoms with Crippen molar-refractivity contribution in [3.8, 4) is 0 Å². The summed E-state index contributed by atoms with van der Waals surface area (Å²) in [5, 5.41) is 11.8. The van der Waals surface area contributed by atoms with E-state index in [0.29, 0.717) is 13.2 Å². The molecule has 4 heteroatoms. The highest BCUT2D eigenvalue weighted by molar-refractivity contribution is 6.80. The summed E-state index contributed by atoms with van der Waals surface area (Å²) in [4.78, 5) is 0. The summed E-state index contributed by atoms with van der Waals surface area (Å²) in [6, 6.07) is 20.5. The molecule has 0 aliphatic carbocycles. The zero-order valence-electron chi connectivity index (χ0n) is 11.5. The zero-order chi connectivity index (χ0) is 14.0. The van der Waals surface area contributed by atoms with Crippen molar-refractivity contribution in [3.63, 3.8) is 0 Å². The molecular weight excluding hydrogens is 249 g/mol. The van der Waals surface area contributed by atoms with Crippen LogP contribution in [0.5, 0.6) is 0 Å². The van der Waals surface area contributed by atoms with Gasteiger partial charge in [-0.2, -0.15) is 0 Å². The van der Waals surface area contributed by atoms with Crippen LogP contribution in [-0.2, 0) is 4.65 Å². The van der Waals surface area contributed by atoms with Gasteiger partial charge in [-0.05, 0) is 10.9 Å². The molecule has 0 radical (unpaired) electrons. The van der Waals surface area contributed by atoms with E-state index in [1.54, 1.807) is 0 Å². The second-order valence-electron chi connectivity index (χ2n) is 4.55. The molecule has 104 valence electrons. The fourth-order valence-corrected chi connectivity index (χ4v) is 2.09. The van der Waals surface area contributed by atoms with Crippen molar-refractivity contribution in [2.24, 2.45) is 0 Å². The number of aliphatic hydroxyl groups is 1. The molecule has 0 unspecified atom stereocenters. The standard InChI is InChI=1S/C16H20BNO2/c19-13-11-18-12-14-20-17(15-7-3-1-4-8-15)16-9-5-2-6-10-16/h1-10,18-19H,11-14H2. The van der Waals surface area contributed by atoms with Crippen LogP contribution in [-0.4, -0.2) is 38.3 Å². The maximum Gasteiger partial charge on any atom is 0.361 e. The Balaban J connectivity index is 2.02. The van der Waals surface area contributed by atoms with E-state index in [0.717, 1.165) is 17.5 Å². The molecule has 0 saturated carbocycles. The Kier molecular flexibility index (Phi) is 6.31. The van der Waals surface area contributed by atoms with Crippen LogP contribution < -0.4 is 16.2 Å². The van der Waals surface area contributed by atoms with Crippen LogP contribution in [0.4, 0.5) is 0 Å². The summed E-state index contributed by atoms with van der Waals surface area (Å²) < 4.78 is 6.02. The van der Waals surface area contributed by atoms with Gasteiger partial charge in [-0.1, -0.05) is 60.7 Å². The fraction of sp³-hybridized carbons (Fsp3) is 0.250. The lowest BCUT2D eigenvalue weighted by atomic mass is 9.55. The molecule has 2 aromatic carbocycles. The average Bonchev–Trinajstić information content (AvgIpc) is 2.53. The van der Waals surface area contributed by atoms with Gasteiger partial charge in [0.2, 0.25) is 0 Å². The van der Waals surface area contributed by atoms with Gasteiger partial charge in [0.05, 0.1) is 6.61 Å². The quantitative estimate of drug-likeness (QED) is 0.538. The first-order chi connectivity index (χ1) is 9.92. The molecular formula is C16H20BNO2. The number of benzene rings is 2. The summed E-state index contributed by atoms with van der Waals surface area (Å²) >= 11 is 0. The van der Waals surface area contributed by atoms with Gasteiger partial charge >= 0.3 is 6.92 Å². The Morgan fingerprint density at radius 2 is 1.40 bits per heavy atom. The number of aliphatic hydroxyl groups excluding tert-OH is 1. The molecule has 2 rings (SSSR count).